The zero-order chi connectivity index (χ0) is 18.9. The molecule has 3 heterocycles. The number of benzene rings is 1. The number of rotatable bonds is 5. The van der Waals surface area contributed by atoms with Crippen molar-refractivity contribution in [1.82, 2.24) is 9.97 Å². The van der Waals surface area contributed by atoms with Gasteiger partial charge in [0, 0.05) is 42.0 Å². The third kappa shape index (κ3) is 3.69. The van der Waals surface area contributed by atoms with Crippen LogP contribution < -0.4 is 9.62 Å². The molecule has 138 valence electrons. The van der Waals surface area contributed by atoms with Gasteiger partial charge in [-0.05, 0) is 42.8 Å². The largest absolute Gasteiger partial charge is 0.312 e. The van der Waals surface area contributed by atoms with Gasteiger partial charge < -0.3 is 4.90 Å². The van der Waals surface area contributed by atoms with E-state index in [-0.39, 0.29) is 15.9 Å². The molecule has 1 aliphatic rings. The number of hydrogen-bond acceptors (Lipinski definition) is 6. The van der Waals surface area contributed by atoms with Crippen LogP contribution in [0, 0.1) is 0 Å². The number of carbonyl (C=O) groups is 1. The number of nitrogens with zero attached hydrogens (tertiary/aromatic N) is 3. The van der Waals surface area contributed by atoms with Crippen molar-refractivity contribution in [3.63, 3.8) is 0 Å². The van der Waals surface area contributed by atoms with Crippen molar-refractivity contribution in [3.05, 3.63) is 54.2 Å². The minimum atomic E-state index is -3.76. The van der Waals surface area contributed by atoms with Crippen LogP contribution in [0.4, 0.5) is 10.8 Å². The molecule has 0 aliphatic carbocycles. The van der Waals surface area contributed by atoms with Crippen molar-refractivity contribution in [2.75, 3.05) is 16.2 Å². The number of aromatic nitrogens is 2. The Morgan fingerprint density at radius 1 is 1.15 bits per heavy atom. The van der Waals surface area contributed by atoms with E-state index in [4.69, 9.17) is 0 Å². The van der Waals surface area contributed by atoms with Gasteiger partial charge in [-0.1, -0.05) is 0 Å². The van der Waals surface area contributed by atoms with Crippen LogP contribution in [0.1, 0.15) is 12.8 Å². The summed E-state index contributed by atoms with van der Waals surface area (Å²) in [5.74, 6) is 0.0643. The number of amides is 1. The van der Waals surface area contributed by atoms with E-state index in [0.29, 0.717) is 24.3 Å². The Morgan fingerprint density at radius 2 is 1.96 bits per heavy atom. The summed E-state index contributed by atoms with van der Waals surface area (Å²) < 4.78 is 27.7. The van der Waals surface area contributed by atoms with E-state index in [1.54, 1.807) is 40.9 Å². The van der Waals surface area contributed by atoms with E-state index in [9.17, 15) is 13.2 Å². The van der Waals surface area contributed by atoms with E-state index >= 15 is 0 Å². The lowest BCUT2D eigenvalue weighted by molar-refractivity contribution is -0.117. The number of thiazole rings is 1. The summed E-state index contributed by atoms with van der Waals surface area (Å²) in [5, 5.41) is 2.06. The highest BCUT2D eigenvalue weighted by atomic mass is 32.2. The van der Waals surface area contributed by atoms with Gasteiger partial charge in [0.05, 0.1) is 10.6 Å². The predicted octanol–water partition coefficient (Wildman–Crippen LogP) is 3.13. The van der Waals surface area contributed by atoms with Gasteiger partial charge in [0.1, 0.15) is 0 Å². The summed E-state index contributed by atoms with van der Waals surface area (Å²) in [5.41, 5.74) is 2.19. The Bertz CT molecular complexity index is 1060. The maximum Gasteiger partial charge on any atom is 0.263 e. The normalized spacial score (nSPS) is 14.5. The third-order valence-corrected chi connectivity index (χ3v) is 6.46. The summed E-state index contributed by atoms with van der Waals surface area (Å²) in [4.78, 5) is 21.9. The van der Waals surface area contributed by atoms with Gasteiger partial charge in [-0.15, -0.1) is 11.3 Å². The van der Waals surface area contributed by atoms with Gasteiger partial charge in [0.25, 0.3) is 10.0 Å². The smallest absolute Gasteiger partial charge is 0.263 e. The van der Waals surface area contributed by atoms with Gasteiger partial charge in [0.2, 0.25) is 5.91 Å². The molecule has 1 saturated heterocycles. The Balaban J connectivity index is 1.52. The highest BCUT2D eigenvalue weighted by molar-refractivity contribution is 7.93. The lowest BCUT2D eigenvalue weighted by Gasteiger charge is -2.16. The quantitative estimate of drug-likeness (QED) is 0.710. The zero-order valence-corrected chi connectivity index (χ0v) is 15.8. The molecule has 1 aliphatic heterocycles. The Hall–Kier alpha value is -2.78. The average Bonchev–Trinajstić information content (AvgIpc) is 3.31. The highest BCUT2D eigenvalue weighted by Gasteiger charge is 2.23. The average molecular weight is 400 g/mol. The number of nitrogens with one attached hydrogen (secondary N) is 1. The summed E-state index contributed by atoms with van der Waals surface area (Å²) >= 11 is 1.21. The van der Waals surface area contributed by atoms with Crippen LogP contribution in [0.25, 0.3) is 11.3 Å². The molecule has 7 nitrogen and oxygen atoms in total. The lowest BCUT2D eigenvalue weighted by atomic mass is 10.2. The standard InChI is InChI=1S/C18H16N4O3S2/c23-17-4-2-10-22(17)14-5-7-15(8-6-14)27(24,25)21-18-20-16(12-26-18)13-3-1-9-19-11-13/h1,3,5-9,11-12H,2,4,10H2,(H,20,21). The summed E-state index contributed by atoms with van der Waals surface area (Å²) in [7, 11) is -3.76. The van der Waals surface area contributed by atoms with E-state index in [0.717, 1.165) is 12.0 Å². The molecule has 1 aromatic carbocycles. The second-order valence-electron chi connectivity index (χ2n) is 6.03. The number of pyridine rings is 1. The molecule has 4 rings (SSSR count). The fourth-order valence-electron chi connectivity index (χ4n) is 2.87. The molecule has 1 fully saturated rings. The molecule has 2 aromatic heterocycles. The van der Waals surface area contributed by atoms with Crippen LogP contribution in [0.15, 0.2) is 59.1 Å². The van der Waals surface area contributed by atoms with Crippen molar-refractivity contribution in [1.29, 1.82) is 0 Å². The maximum absolute atomic E-state index is 12.6. The third-order valence-electron chi connectivity index (χ3n) is 4.22. The highest BCUT2D eigenvalue weighted by Crippen LogP contribution is 2.27. The first kappa shape index (κ1) is 17.6. The molecule has 0 atom stereocenters. The maximum atomic E-state index is 12.6. The molecule has 0 saturated carbocycles. The zero-order valence-electron chi connectivity index (χ0n) is 14.2. The first-order valence-corrected chi connectivity index (χ1v) is 10.7. The first-order chi connectivity index (χ1) is 13.0. The number of sulfonamides is 1. The van der Waals surface area contributed by atoms with Crippen LogP contribution in [0.2, 0.25) is 0 Å². The molecular formula is C18H16N4O3S2. The van der Waals surface area contributed by atoms with Gasteiger partial charge in [0.15, 0.2) is 5.13 Å². The van der Waals surface area contributed by atoms with Gasteiger partial charge in [-0.3, -0.25) is 14.5 Å². The van der Waals surface area contributed by atoms with Crippen LogP contribution >= 0.6 is 11.3 Å². The molecule has 0 unspecified atom stereocenters. The van der Waals surface area contributed by atoms with Crippen LogP contribution in [0.5, 0.6) is 0 Å². The van der Waals surface area contributed by atoms with Crippen molar-refractivity contribution in [2.24, 2.45) is 0 Å². The number of anilines is 2. The van der Waals surface area contributed by atoms with Crippen molar-refractivity contribution in [3.8, 4) is 11.3 Å². The Morgan fingerprint density at radius 3 is 2.63 bits per heavy atom. The van der Waals surface area contributed by atoms with E-state index < -0.39 is 10.0 Å². The van der Waals surface area contributed by atoms with Crippen molar-refractivity contribution < 1.29 is 13.2 Å². The molecule has 0 bridgehead atoms. The van der Waals surface area contributed by atoms with Crippen molar-refractivity contribution in [2.45, 2.75) is 17.7 Å². The Labute approximate surface area is 160 Å². The van der Waals surface area contributed by atoms with Crippen molar-refractivity contribution >= 4 is 38.1 Å². The second kappa shape index (κ2) is 7.09. The first-order valence-electron chi connectivity index (χ1n) is 8.32. The molecule has 0 radical (unpaired) electrons. The molecular weight excluding hydrogens is 384 g/mol. The molecule has 3 aromatic rings. The van der Waals surface area contributed by atoms with Gasteiger partial charge >= 0.3 is 0 Å². The molecule has 9 heteroatoms. The van der Waals surface area contributed by atoms with E-state index in [2.05, 4.69) is 14.7 Å². The number of carbonyl (C=O) groups excluding carboxylic acids is 1. The van der Waals surface area contributed by atoms with Crippen LogP contribution in [0.3, 0.4) is 0 Å². The van der Waals surface area contributed by atoms with Gasteiger partial charge in [-0.2, -0.15) is 0 Å². The second-order valence-corrected chi connectivity index (χ2v) is 8.57. The topological polar surface area (TPSA) is 92.3 Å². The molecule has 1 amide bonds. The summed E-state index contributed by atoms with van der Waals surface area (Å²) in [6.07, 6.45) is 4.69. The minimum absolute atomic E-state index is 0.0643. The van der Waals surface area contributed by atoms with E-state index in [1.807, 2.05) is 6.07 Å². The fraction of sp³-hybridized carbons (Fsp3) is 0.167. The Kier molecular flexibility index (Phi) is 4.63. The van der Waals surface area contributed by atoms with E-state index in [1.165, 1.54) is 23.5 Å². The monoisotopic (exact) mass is 400 g/mol. The minimum Gasteiger partial charge on any atom is -0.312 e. The lowest BCUT2D eigenvalue weighted by Crippen LogP contribution is -2.23. The predicted molar refractivity (Wildman–Crippen MR) is 104 cm³/mol. The summed E-state index contributed by atoms with van der Waals surface area (Å²) in [6, 6.07) is 9.96. The molecule has 0 spiro atoms. The molecule has 1 N–H and O–H groups in total. The fourth-order valence-corrected chi connectivity index (χ4v) is 4.84. The number of hydrogen-bond donors (Lipinski definition) is 1. The molecule has 27 heavy (non-hydrogen) atoms. The van der Waals surface area contributed by atoms with Crippen LogP contribution in [-0.4, -0.2) is 30.8 Å². The SMILES string of the molecule is O=C1CCCN1c1ccc(S(=O)(=O)Nc2nc(-c3cccnc3)cs2)cc1. The summed E-state index contributed by atoms with van der Waals surface area (Å²) in [6.45, 7) is 0.666. The van der Waals surface area contributed by atoms with Gasteiger partial charge in [-0.25, -0.2) is 13.4 Å². The van der Waals surface area contributed by atoms with Crippen LogP contribution in [-0.2, 0) is 14.8 Å².